The van der Waals surface area contributed by atoms with E-state index in [1.165, 1.54) is 13.2 Å². The second kappa shape index (κ2) is 3.91. The first-order chi connectivity index (χ1) is 6.54. The molecule has 0 fully saturated rings. The lowest BCUT2D eigenvalue weighted by molar-refractivity contribution is -0.497. The summed E-state index contributed by atoms with van der Waals surface area (Å²) in [6.45, 7) is -0.583. The molecule has 1 aromatic rings. The van der Waals surface area contributed by atoms with Crippen molar-refractivity contribution in [3.05, 3.63) is 33.6 Å². The van der Waals surface area contributed by atoms with Crippen molar-refractivity contribution in [2.24, 2.45) is 0 Å². The van der Waals surface area contributed by atoms with Crippen LogP contribution in [-0.2, 0) is 6.54 Å². The number of hydrogen-bond donors (Lipinski definition) is 1. The Balaban J connectivity index is 3.08. The highest BCUT2D eigenvalue weighted by molar-refractivity contribution is 5.54. The number of halogens is 1. The molecule has 14 heavy (non-hydrogen) atoms. The molecule has 0 atom stereocenters. The molecule has 0 saturated carbocycles. The summed E-state index contributed by atoms with van der Waals surface area (Å²) in [4.78, 5) is 9.53. The molecule has 0 bridgehead atoms. The van der Waals surface area contributed by atoms with Crippen LogP contribution in [0.15, 0.2) is 12.1 Å². The molecule has 76 valence electrons. The van der Waals surface area contributed by atoms with Crippen LogP contribution in [0.25, 0.3) is 0 Å². The Morgan fingerprint density at radius 3 is 2.79 bits per heavy atom. The number of anilines is 1. The van der Waals surface area contributed by atoms with Crippen molar-refractivity contribution < 1.29 is 14.1 Å². The third kappa shape index (κ3) is 2.09. The van der Waals surface area contributed by atoms with E-state index < -0.39 is 17.3 Å². The fourth-order valence-corrected chi connectivity index (χ4v) is 1.06. The van der Waals surface area contributed by atoms with Gasteiger partial charge in [0.2, 0.25) is 6.54 Å². The molecule has 1 rings (SSSR count). The number of methoxy groups -OCH3 is 1. The lowest BCUT2D eigenvalue weighted by atomic mass is 10.2. The monoisotopic (exact) mass is 200 g/mol. The van der Waals surface area contributed by atoms with E-state index in [1.807, 2.05) is 0 Å². The van der Waals surface area contributed by atoms with E-state index in [9.17, 15) is 14.5 Å². The van der Waals surface area contributed by atoms with E-state index in [2.05, 4.69) is 0 Å². The summed E-state index contributed by atoms with van der Waals surface area (Å²) in [6.07, 6.45) is 0. The molecule has 0 spiro atoms. The lowest BCUT2D eigenvalue weighted by Crippen LogP contribution is -2.03. The topological polar surface area (TPSA) is 78.4 Å². The molecule has 0 aliphatic heterocycles. The number of hydrogen-bond acceptors (Lipinski definition) is 4. The molecule has 0 unspecified atom stereocenters. The van der Waals surface area contributed by atoms with Crippen LogP contribution in [0.2, 0.25) is 0 Å². The maximum absolute atomic E-state index is 13.1. The Hall–Kier alpha value is -1.85. The molecular weight excluding hydrogens is 191 g/mol. The molecule has 0 amide bonds. The lowest BCUT2D eigenvalue weighted by Gasteiger charge is -2.06. The molecule has 2 N–H and O–H groups in total. The number of nitrogen functional groups attached to an aromatic ring is 1. The van der Waals surface area contributed by atoms with Gasteiger partial charge in [-0.3, -0.25) is 10.1 Å². The van der Waals surface area contributed by atoms with Crippen molar-refractivity contribution >= 4 is 5.69 Å². The van der Waals surface area contributed by atoms with E-state index in [-0.39, 0.29) is 17.0 Å². The van der Waals surface area contributed by atoms with Gasteiger partial charge in [-0.25, -0.2) is 4.39 Å². The van der Waals surface area contributed by atoms with Gasteiger partial charge in [0.05, 0.1) is 18.4 Å². The maximum Gasteiger partial charge on any atom is 0.231 e. The van der Waals surface area contributed by atoms with Crippen LogP contribution in [0.5, 0.6) is 5.75 Å². The SMILES string of the molecule is COc1cc(F)c(C[N+](=O)[O-])cc1N. The summed E-state index contributed by atoms with van der Waals surface area (Å²) in [7, 11) is 1.35. The molecule has 6 heteroatoms. The van der Waals surface area contributed by atoms with Gasteiger partial charge in [-0.2, -0.15) is 0 Å². The first kappa shape index (κ1) is 10.2. The number of ether oxygens (including phenoxy) is 1. The van der Waals surface area contributed by atoms with Crippen LogP contribution >= 0.6 is 0 Å². The van der Waals surface area contributed by atoms with Gasteiger partial charge in [0.1, 0.15) is 11.6 Å². The highest BCUT2D eigenvalue weighted by atomic mass is 19.1. The number of nitro groups is 1. The third-order valence-corrected chi connectivity index (χ3v) is 1.70. The van der Waals surface area contributed by atoms with Crippen LogP contribution in [-0.4, -0.2) is 12.0 Å². The fourth-order valence-electron chi connectivity index (χ4n) is 1.06. The van der Waals surface area contributed by atoms with Gasteiger partial charge < -0.3 is 10.5 Å². The van der Waals surface area contributed by atoms with Gasteiger partial charge in [-0.05, 0) is 6.07 Å². The molecule has 0 saturated heterocycles. The zero-order valence-electron chi connectivity index (χ0n) is 7.49. The normalized spacial score (nSPS) is 9.86. The van der Waals surface area contributed by atoms with Gasteiger partial charge in [0, 0.05) is 11.0 Å². The summed E-state index contributed by atoms with van der Waals surface area (Å²) in [5.74, 6) is -0.512. The highest BCUT2D eigenvalue weighted by Gasteiger charge is 2.12. The zero-order valence-corrected chi connectivity index (χ0v) is 7.49. The number of nitrogens with zero attached hydrogens (tertiary/aromatic N) is 1. The molecule has 5 nitrogen and oxygen atoms in total. The minimum atomic E-state index is -0.687. The molecule has 0 aliphatic carbocycles. The van der Waals surface area contributed by atoms with Gasteiger partial charge in [-0.1, -0.05) is 0 Å². The molecule has 0 heterocycles. The maximum atomic E-state index is 13.1. The Morgan fingerprint density at radius 2 is 2.29 bits per heavy atom. The van der Waals surface area contributed by atoms with Gasteiger partial charge in [0.15, 0.2) is 0 Å². The second-order valence-corrected chi connectivity index (χ2v) is 2.68. The Bertz CT molecular complexity index is 368. The minimum Gasteiger partial charge on any atom is -0.494 e. The van der Waals surface area contributed by atoms with E-state index in [0.717, 1.165) is 6.07 Å². The average Bonchev–Trinajstić information content (AvgIpc) is 2.10. The smallest absolute Gasteiger partial charge is 0.231 e. The van der Waals surface area contributed by atoms with E-state index >= 15 is 0 Å². The summed E-state index contributed by atoms with van der Waals surface area (Å²) in [5, 5.41) is 10.2. The van der Waals surface area contributed by atoms with Gasteiger partial charge in [-0.15, -0.1) is 0 Å². The van der Waals surface area contributed by atoms with Crippen LogP contribution in [0.4, 0.5) is 10.1 Å². The quantitative estimate of drug-likeness (QED) is 0.451. The van der Waals surface area contributed by atoms with Crippen molar-refractivity contribution in [3.8, 4) is 5.75 Å². The van der Waals surface area contributed by atoms with Crippen LogP contribution in [0.1, 0.15) is 5.56 Å². The molecule has 1 aromatic carbocycles. The average molecular weight is 200 g/mol. The Morgan fingerprint density at radius 1 is 1.64 bits per heavy atom. The predicted octanol–water partition coefficient (Wildman–Crippen LogP) is 1.19. The standard InChI is InChI=1S/C8H9FN2O3/c1-14-8-3-6(9)5(2-7(8)10)4-11(12)13/h2-3H,4,10H2,1H3. The number of benzene rings is 1. The molecule has 0 radical (unpaired) electrons. The summed E-state index contributed by atoms with van der Waals surface area (Å²) in [5.41, 5.74) is 5.60. The summed E-state index contributed by atoms with van der Waals surface area (Å²) in [6, 6.07) is 2.24. The van der Waals surface area contributed by atoms with Crippen LogP contribution in [0, 0.1) is 15.9 Å². The van der Waals surface area contributed by atoms with E-state index in [1.54, 1.807) is 0 Å². The molecular formula is C8H9FN2O3. The van der Waals surface area contributed by atoms with Crippen molar-refractivity contribution in [2.75, 3.05) is 12.8 Å². The fraction of sp³-hybridized carbons (Fsp3) is 0.250. The highest BCUT2D eigenvalue weighted by Crippen LogP contribution is 2.25. The second-order valence-electron chi connectivity index (χ2n) is 2.68. The van der Waals surface area contributed by atoms with E-state index in [0.29, 0.717) is 0 Å². The van der Waals surface area contributed by atoms with E-state index in [4.69, 9.17) is 10.5 Å². The first-order valence-electron chi connectivity index (χ1n) is 3.78. The minimum absolute atomic E-state index is 0.0479. The predicted molar refractivity (Wildman–Crippen MR) is 48.1 cm³/mol. The number of nitrogens with two attached hydrogens (primary N) is 1. The summed E-state index contributed by atoms with van der Waals surface area (Å²) < 4.78 is 17.9. The Labute approximate surface area is 79.4 Å². The van der Waals surface area contributed by atoms with Crippen molar-refractivity contribution in [2.45, 2.75) is 6.54 Å². The van der Waals surface area contributed by atoms with Gasteiger partial charge in [0.25, 0.3) is 0 Å². The summed E-state index contributed by atoms with van der Waals surface area (Å²) >= 11 is 0. The van der Waals surface area contributed by atoms with Crippen LogP contribution < -0.4 is 10.5 Å². The molecule has 0 aromatic heterocycles. The van der Waals surface area contributed by atoms with Crippen molar-refractivity contribution in [3.63, 3.8) is 0 Å². The third-order valence-electron chi connectivity index (χ3n) is 1.70. The Kier molecular flexibility index (Phi) is 2.85. The van der Waals surface area contributed by atoms with Crippen molar-refractivity contribution in [1.82, 2.24) is 0 Å². The number of rotatable bonds is 3. The zero-order chi connectivity index (χ0) is 10.7. The largest absolute Gasteiger partial charge is 0.494 e. The van der Waals surface area contributed by atoms with Crippen molar-refractivity contribution in [1.29, 1.82) is 0 Å². The van der Waals surface area contributed by atoms with Gasteiger partial charge >= 0.3 is 0 Å². The molecule has 0 aliphatic rings. The van der Waals surface area contributed by atoms with Crippen LogP contribution in [0.3, 0.4) is 0 Å². The first-order valence-corrected chi connectivity index (χ1v) is 3.78.